The zero-order valence-corrected chi connectivity index (χ0v) is 21.6. The van der Waals surface area contributed by atoms with Crippen LogP contribution in [0.5, 0.6) is 0 Å². The molecule has 0 aliphatic heterocycles. The smallest absolute Gasteiger partial charge is 0.0991 e. The molecule has 0 saturated carbocycles. The van der Waals surface area contributed by atoms with Gasteiger partial charge in [0.05, 0.1) is 22.8 Å². The highest BCUT2D eigenvalue weighted by molar-refractivity contribution is 6.33. The molecule has 0 bridgehead atoms. The fraction of sp³-hybridized carbons (Fsp3) is 0. The molecular formula is C38H22N2. The molecule has 2 nitrogen and oxygen atoms in total. The average Bonchev–Trinajstić information content (AvgIpc) is 3.03. The van der Waals surface area contributed by atoms with Crippen molar-refractivity contribution < 1.29 is 0 Å². The van der Waals surface area contributed by atoms with E-state index in [-0.39, 0.29) is 0 Å². The molecule has 8 aromatic rings. The molecule has 0 aliphatic rings. The van der Waals surface area contributed by atoms with Crippen LogP contribution in [-0.4, -0.2) is 4.98 Å². The number of rotatable bonds is 2. The first kappa shape index (κ1) is 22.5. The summed E-state index contributed by atoms with van der Waals surface area (Å²) in [6.45, 7) is 0. The topological polar surface area (TPSA) is 36.7 Å². The molecule has 7 aromatic carbocycles. The van der Waals surface area contributed by atoms with E-state index < -0.39 is 0 Å². The number of fused-ring (bicyclic) bond motifs is 9. The zero-order chi connectivity index (χ0) is 26.6. The third-order valence-electron chi connectivity index (χ3n) is 8.04. The Kier molecular flexibility index (Phi) is 4.92. The molecule has 2 heteroatoms. The normalized spacial score (nSPS) is 11.5. The number of pyridine rings is 1. The van der Waals surface area contributed by atoms with E-state index in [2.05, 4.69) is 121 Å². The van der Waals surface area contributed by atoms with Crippen LogP contribution in [0.1, 0.15) is 5.56 Å². The number of para-hydroxylation sites is 1. The van der Waals surface area contributed by atoms with Gasteiger partial charge in [0, 0.05) is 21.7 Å². The minimum absolute atomic E-state index is 0.681. The lowest BCUT2D eigenvalue weighted by Gasteiger charge is -2.16. The minimum atomic E-state index is 0.681. The number of hydrogen-bond donors (Lipinski definition) is 0. The Hall–Kier alpha value is -5.52. The van der Waals surface area contributed by atoms with E-state index in [0.717, 1.165) is 38.7 Å². The molecule has 0 saturated heterocycles. The summed E-state index contributed by atoms with van der Waals surface area (Å²) in [4.78, 5) is 5.26. The number of benzene rings is 7. The molecule has 0 fully saturated rings. The maximum Gasteiger partial charge on any atom is 0.0991 e. The Morgan fingerprint density at radius 1 is 0.450 bits per heavy atom. The Bertz CT molecular complexity index is 2320. The third kappa shape index (κ3) is 3.39. The van der Waals surface area contributed by atoms with Crippen molar-refractivity contribution in [3.8, 4) is 28.5 Å². The summed E-state index contributed by atoms with van der Waals surface area (Å²) in [6, 6.07) is 49.1. The lowest BCUT2D eigenvalue weighted by molar-refractivity contribution is 1.43. The predicted molar refractivity (Wildman–Crippen MR) is 167 cm³/mol. The van der Waals surface area contributed by atoms with Crippen molar-refractivity contribution in [3.05, 3.63) is 139 Å². The first-order valence-corrected chi connectivity index (χ1v) is 13.5. The fourth-order valence-corrected chi connectivity index (χ4v) is 6.15. The van der Waals surface area contributed by atoms with Gasteiger partial charge in [-0.2, -0.15) is 5.26 Å². The Labute approximate surface area is 231 Å². The van der Waals surface area contributed by atoms with E-state index >= 15 is 0 Å². The van der Waals surface area contributed by atoms with Gasteiger partial charge in [0.15, 0.2) is 0 Å². The maximum absolute atomic E-state index is 9.23. The molecular weight excluding hydrogens is 484 g/mol. The zero-order valence-electron chi connectivity index (χ0n) is 21.6. The van der Waals surface area contributed by atoms with Crippen LogP contribution in [0.4, 0.5) is 0 Å². The second kappa shape index (κ2) is 8.76. The van der Waals surface area contributed by atoms with Gasteiger partial charge < -0.3 is 0 Å². The van der Waals surface area contributed by atoms with E-state index in [0.29, 0.717) is 5.56 Å². The number of nitrogens with zero attached hydrogens (tertiary/aromatic N) is 2. The minimum Gasteiger partial charge on any atom is -0.247 e. The summed E-state index contributed by atoms with van der Waals surface area (Å²) in [7, 11) is 0. The van der Waals surface area contributed by atoms with Gasteiger partial charge in [-0.15, -0.1) is 0 Å². The SMILES string of the molecule is N#Cc1ccc2cc(-c3ccc(-c4nc5ccccc5c5c6ccccc6c6ccccc6c45)cc3)ccc2c1. The van der Waals surface area contributed by atoms with Gasteiger partial charge in [-0.25, -0.2) is 4.98 Å². The average molecular weight is 507 g/mol. The first-order valence-electron chi connectivity index (χ1n) is 13.5. The number of hydrogen-bond acceptors (Lipinski definition) is 2. The molecule has 0 aliphatic carbocycles. The second-order valence-corrected chi connectivity index (χ2v) is 10.3. The summed E-state index contributed by atoms with van der Waals surface area (Å²) in [5.74, 6) is 0. The molecule has 0 radical (unpaired) electrons. The van der Waals surface area contributed by atoms with Crippen LogP contribution in [0.2, 0.25) is 0 Å². The largest absolute Gasteiger partial charge is 0.247 e. The van der Waals surface area contributed by atoms with Gasteiger partial charge in [0.2, 0.25) is 0 Å². The van der Waals surface area contributed by atoms with Crippen LogP contribution in [0, 0.1) is 11.3 Å². The Morgan fingerprint density at radius 3 is 1.73 bits per heavy atom. The molecule has 0 amide bonds. The molecule has 184 valence electrons. The molecule has 40 heavy (non-hydrogen) atoms. The molecule has 0 N–H and O–H groups in total. The highest BCUT2D eigenvalue weighted by Gasteiger charge is 2.17. The monoisotopic (exact) mass is 506 g/mol. The van der Waals surface area contributed by atoms with Crippen LogP contribution in [-0.2, 0) is 0 Å². The van der Waals surface area contributed by atoms with Crippen molar-refractivity contribution in [2.75, 3.05) is 0 Å². The van der Waals surface area contributed by atoms with E-state index in [9.17, 15) is 5.26 Å². The Balaban J connectivity index is 1.37. The molecule has 8 rings (SSSR count). The molecule has 1 heterocycles. The van der Waals surface area contributed by atoms with Crippen LogP contribution < -0.4 is 0 Å². The Morgan fingerprint density at radius 2 is 1.00 bits per heavy atom. The van der Waals surface area contributed by atoms with E-state index in [4.69, 9.17) is 4.98 Å². The molecule has 0 atom stereocenters. The summed E-state index contributed by atoms with van der Waals surface area (Å²) in [5.41, 5.74) is 6.08. The van der Waals surface area contributed by atoms with Gasteiger partial charge in [0.25, 0.3) is 0 Å². The van der Waals surface area contributed by atoms with Gasteiger partial charge >= 0.3 is 0 Å². The fourth-order valence-electron chi connectivity index (χ4n) is 6.15. The highest BCUT2D eigenvalue weighted by Crippen LogP contribution is 2.42. The van der Waals surface area contributed by atoms with Crippen molar-refractivity contribution in [1.82, 2.24) is 4.98 Å². The number of aromatic nitrogens is 1. The van der Waals surface area contributed by atoms with Crippen molar-refractivity contribution in [1.29, 1.82) is 5.26 Å². The van der Waals surface area contributed by atoms with Crippen LogP contribution in [0.3, 0.4) is 0 Å². The van der Waals surface area contributed by atoms with Crippen molar-refractivity contribution >= 4 is 54.0 Å². The summed E-state index contributed by atoms with van der Waals surface area (Å²) >= 11 is 0. The quantitative estimate of drug-likeness (QED) is 0.219. The molecule has 0 spiro atoms. The van der Waals surface area contributed by atoms with E-state index in [1.54, 1.807) is 0 Å². The molecule has 0 unspecified atom stereocenters. The lowest BCUT2D eigenvalue weighted by atomic mass is 9.89. The van der Waals surface area contributed by atoms with Gasteiger partial charge in [-0.1, -0.05) is 109 Å². The summed E-state index contributed by atoms with van der Waals surface area (Å²) < 4.78 is 0. The van der Waals surface area contributed by atoms with Crippen molar-refractivity contribution in [2.45, 2.75) is 0 Å². The lowest BCUT2D eigenvalue weighted by Crippen LogP contribution is -1.93. The van der Waals surface area contributed by atoms with Crippen LogP contribution in [0.25, 0.3) is 76.4 Å². The number of nitriles is 1. The first-order chi connectivity index (χ1) is 19.8. The summed E-state index contributed by atoms with van der Waals surface area (Å²) in [5, 5.41) is 20.0. The standard InChI is InChI=1S/C38H22N2/c39-23-24-13-14-29-22-28(20-19-27(29)21-24)25-15-17-26(18-16-25)38-37-33-10-4-2-8-31(33)30-7-1-3-9-32(30)36(37)34-11-5-6-12-35(34)40-38/h1-22H. The highest BCUT2D eigenvalue weighted by atomic mass is 14.7. The van der Waals surface area contributed by atoms with E-state index in [1.165, 1.54) is 37.7 Å². The van der Waals surface area contributed by atoms with Crippen molar-refractivity contribution in [2.24, 2.45) is 0 Å². The van der Waals surface area contributed by atoms with Gasteiger partial charge in [-0.05, 0) is 67.7 Å². The second-order valence-electron chi connectivity index (χ2n) is 10.3. The van der Waals surface area contributed by atoms with E-state index in [1.807, 2.05) is 18.2 Å². The molecule has 1 aromatic heterocycles. The van der Waals surface area contributed by atoms with Gasteiger partial charge in [0.1, 0.15) is 0 Å². The van der Waals surface area contributed by atoms with Crippen LogP contribution in [0.15, 0.2) is 133 Å². The van der Waals surface area contributed by atoms with Crippen LogP contribution >= 0.6 is 0 Å². The summed E-state index contributed by atoms with van der Waals surface area (Å²) in [6.07, 6.45) is 0. The van der Waals surface area contributed by atoms with Gasteiger partial charge in [-0.3, -0.25) is 0 Å². The maximum atomic E-state index is 9.23. The third-order valence-corrected chi connectivity index (χ3v) is 8.04. The van der Waals surface area contributed by atoms with Crippen molar-refractivity contribution in [3.63, 3.8) is 0 Å². The predicted octanol–water partition coefficient (Wildman–Crippen LogP) is 10.1.